The maximum absolute atomic E-state index is 10.7. The molecule has 1 N–H and O–H groups in total. The van der Waals surface area contributed by atoms with E-state index in [1.54, 1.807) is 24.5 Å². The maximum atomic E-state index is 10.7. The van der Waals surface area contributed by atoms with Crippen molar-refractivity contribution in [3.63, 3.8) is 0 Å². The Morgan fingerprint density at radius 1 is 1.15 bits per heavy atom. The molecule has 0 aliphatic carbocycles. The lowest BCUT2D eigenvalue weighted by molar-refractivity contribution is -0.384. The molecule has 27 heavy (non-hydrogen) atoms. The molecule has 3 rings (SSSR count). The molecule has 0 fully saturated rings. The number of hydrogen-bond acceptors (Lipinski definition) is 4. The van der Waals surface area contributed by atoms with E-state index in [0.29, 0.717) is 23.1 Å². The summed E-state index contributed by atoms with van der Waals surface area (Å²) in [4.78, 5) is 14.6. The zero-order chi connectivity index (χ0) is 19.2. The van der Waals surface area contributed by atoms with Gasteiger partial charge in [0, 0.05) is 50.1 Å². The zero-order valence-corrected chi connectivity index (χ0v) is 16.0. The van der Waals surface area contributed by atoms with Gasteiger partial charge in [-0.2, -0.15) is 0 Å². The van der Waals surface area contributed by atoms with Crippen LogP contribution in [0.4, 0.5) is 5.69 Å². The molecule has 1 heterocycles. The third kappa shape index (κ3) is 5.07. The highest BCUT2D eigenvalue weighted by Crippen LogP contribution is 2.25. The van der Waals surface area contributed by atoms with Gasteiger partial charge in [0.2, 0.25) is 0 Å². The molecule has 0 unspecified atom stereocenters. The number of imidazole rings is 1. The van der Waals surface area contributed by atoms with Crippen LogP contribution in [0.2, 0.25) is 10.0 Å². The Kier molecular flexibility index (Phi) is 6.45. The third-order valence-corrected chi connectivity index (χ3v) is 5.06. The summed E-state index contributed by atoms with van der Waals surface area (Å²) < 4.78 is 2.04. The third-order valence-electron chi connectivity index (χ3n) is 4.20. The van der Waals surface area contributed by atoms with E-state index >= 15 is 0 Å². The number of nitro groups is 1. The predicted octanol–water partition coefficient (Wildman–Crippen LogP) is 4.48. The van der Waals surface area contributed by atoms with Crippen LogP contribution in [0.3, 0.4) is 0 Å². The molecule has 0 aliphatic rings. The van der Waals surface area contributed by atoms with Crippen molar-refractivity contribution >= 4 is 28.9 Å². The maximum Gasteiger partial charge on any atom is 0.269 e. The van der Waals surface area contributed by atoms with Crippen molar-refractivity contribution in [3.05, 3.63) is 92.0 Å². The molecule has 1 aromatic heterocycles. The van der Waals surface area contributed by atoms with Crippen LogP contribution < -0.4 is 5.32 Å². The van der Waals surface area contributed by atoms with E-state index in [1.807, 2.05) is 22.9 Å². The fourth-order valence-electron chi connectivity index (χ4n) is 2.74. The fourth-order valence-corrected chi connectivity index (χ4v) is 3.13. The Morgan fingerprint density at radius 3 is 2.67 bits per heavy atom. The van der Waals surface area contributed by atoms with Crippen molar-refractivity contribution < 1.29 is 4.92 Å². The fraction of sp³-hybridized carbons (Fsp3) is 0.211. The summed E-state index contributed by atoms with van der Waals surface area (Å²) in [5, 5.41) is 15.2. The number of hydrogen-bond donors (Lipinski definition) is 1. The molecule has 0 atom stereocenters. The molecule has 0 saturated heterocycles. The first-order valence-corrected chi connectivity index (χ1v) is 9.16. The molecule has 0 amide bonds. The minimum absolute atomic E-state index is 0.0912. The van der Waals surface area contributed by atoms with Gasteiger partial charge < -0.3 is 9.88 Å². The standard InChI is InChI=1S/C19H18Cl2N4O2/c20-18-3-1-2-15(19(18)21)10-22-9-8-17-11-23-13-24(17)12-14-4-6-16(7-5-14)25(26)27/h1-7,11,13,22H,8-10,12H2. The van der Waals surface area contributed by atoms with Gasteiger partial charge in [-0.25, -0.2) is 4.98 Å². The molecule has 0 saturated carbocycles. The van der Waals surface area contributed by atoms with Crippen molar-refractivity contribution in [1.29, 1.82) is 0 Å². The first-order chi connectivity index (χ1) is 13.0. The Bertz CT molecular complexity index is 926. The summed E-state index contributed by atoms with van der Waals surface area (Å²) in [5.41, 5.74) is 3.12. The van der Waals surface area contributed by atoms with E-state index < -0.39 is 4.92 Å². The van der Waals surface area contributed by atoms with Crippen LogP contribution in [-0.2, 0) is 19.5 Å². The van der Waals surface area contributed by atoms with Crippen molar-refractivity contribution in [2.75, 3.05) is 6.54 Å². The number of nitro benzene ring substituents is 1. The van der Waals surface area contributed by atoms with Gasteiger partial charge in [-0.3, -0.25) is 10.1 Å². The summed E-state index contributed by atoms with van der Waals surface area (Å²) >= 11 is 12.2. The van der Waals surface area contributed by atoms with Crippen LogP contribution in [-0.4, -0.2) is 21.0 Å². The average molecular weight is 405 g/mol. The highest BCUT2D eigenvalue weighted by molar-refractivity contribution is 6.42. The van der Waals surface area contributed by atoms with E-state index in [1.165, 1.54) is 12.1 Å². The summed E-state index contributed by atoms with van der Waals surface area (Å²) in [6.07, 6.45) is 4.40. The second kappa shape index (κ2) is 8.99. The average Bonchev–Trinajstić information content (AvgIpc) is 3.09. The topological polar surface area (TPSA) is 73.0 Å². The molecule has 0 bridgehead atoms. The molecular formula is C19H18Cl2N4O2. The van der Waals surface area contributed by atoms with Gasteiger partial charge in [0.05, 0.1) is 21.3 Å². The van der Waals surface area contributed by atoms with E-state index in [2.05, 4.69) is 10.3 Å². The lowest BCUT2D eigenvalue weighted by Gasteiger charge is -2.10. The lowest BCUT2D eigenvalue weighted by atomic mass is 10.2. The van der Waals surface area contributed by atoms with Gasteiger partial charge in [0.15, 0.2) is 0 Å². The first-order valence-electron chi connectivity index (χ1n) is 8.40. The number of nitrogens with zero attached hydrogens (tertiary/aromatic N) is 3. The largest absolute Gasteiger partial charge is 0.330 e. The predicted molar refractivity (Wildman–Crippen MR) is 106 cm³/mol. The quantitative estimate of drug-likeness (QED) is 0.341. The normalized spacial score (nSPS) is 10.9. The van der Waals surface area contributed by atoms with Gasteiger partial charge in [-0.1, -0.05) is 47.5 Å². The van der Waals surface area contributed by atoms with E-state index in [4.69, 9.17) is 23.2 Å². The van der Waals surface area contributed by atoms with Gasteiger partial charge in [0.25, 0.3) is 5.69 Å². The summed E-state index contributed by atoms with van der Waals surface area (Å²) in [6, 6.07) is 12.2. The lowest BCUT2D eigenvalue weighted by Crippen LogP contribution is -2.18. The van der Waals surface area contributed by atoms with Crippen molar-refractivity contribution in [2.45, 2.75) is 19.5 Å². The number of halogens is 2. The van der Waals surface area contributed by atoms with E-state index in [9.17, 15) is 10.1 Å². The van der Waals surface area contributed by atoms with Crippen molar-refractivity contribution in [1.82, 2.24) is 14.9 Å². The van der Waals surface area contributed by atoms with Crippen LogP contribution >= 0.6 is 23.2 Å². The van der Waals surface area contributed by atoms with E-state index in [-0.39, 0.29) is 5.69 Å². The summed E-state index contributed by atoms with van der Waals surface area (Å²) in [6.45, 7) is 2.01. The highest BCUT2D eigenvalue weighted by Gasteiger charge is 2.07. The highest BCUT2D eigenvalue weighted by atomic mass is 35.5. The molecule has 2 aromatic carbocycles. The number of aromatic nitrogens is 2. The molecule has 6 nitrogen and oxygen atoms in total. The Labute approximate surface area is 166 Å². The Hall–Kier alpha value is -2.41. The van der Waals surface area contributed by atoms with Crippen LogP contribution in [0.15, 0.2) is 55.0 Å². The van der Waals surface area contributed by atoms with Crippen molar-refractivity contribution in [3.8, 4) is 0 Å². The van der Waals surface area contributed by atoms with Crippen LogP contribution in [0, 0.1) is 10.1 Å². The number of benzene rings is 2. The SMILES string of the molecule is O=[N+]([O-])c1ccc(Cn2cncc2CCNCc2cccc(Cl)c2Cl)cc1. The van der Waals surface area contributed by atoms with E-state index in [0.717, 1.165) is 29.8 Å². The van der Waals surface area contributed by atoms with Gasteiger partial charge in [0.1, 0.15) is 0 Å². The molecule has 3 aromatic rings. The van der Waals surface area contributed by atoms with Crippen molar-refractivity contribution in [2.24, 2.45) is 0 Å². The van der Waals surface area contributed by atoms with Gasteiger partial charge in [-0.15, -0.1) is 0 Å². The second-order valence-electron chi connectivity index (χ2n) is 6.08. The number of rotatable bonds is 8. The number of nitrogens with one attached hydrogen (secondary N) is 1. The Morgan fingerprint density at radius 2 is 1.93 bits per heavy atom. The second-order valence-corrected chi connectivity index (χ2v) is 6.86. The minimum atomic E-state index is -0.399. The smallest absolute Gasteiger partial charge is 0.269 e. The van der Waals surface area contributed by atoms with Crippen LogP contribution in [0.1, 0.15) is 16.8 Å². The molecule has 8 heteroatoms. The molecular weight excluding hydrogens is 387 g/mol. The van der Waals surface area contributed by atoms with Gasteiger partial charge in [-0.05, 0) is 17.2 Å². The minimum Gasteiger partial charge on any atom is -0.330 e. The molecule has 140 valence electrons. The van der Waals surface area contributed by atoms with Crippen LogP contribution in [0.5, 0.6) is 0 Å². The van der Waals surface area contributed by atoms with Crippen LogP contribution in [0.25, 0.3) is 0 Å². The molecule has 0 aliphatic heterocycles. The zero-order valence-electron chi connectivity index (χ0n) is 14.4. The van der Waals surface area contributed by atoms with Gasteiger partial charge >= 0.3 is 0 Å². The Balaban J connectivity index is 1.54. The number of non-ortho nitro benzene ring substituents is 1. The summed E-state index contributed by atoms with van der Waals surface area (Å²) in [7, 11) is 0. The molecule has 0 radical (unpaired) electrons. The summed E-state index contributed by atoms with van der Waals surface area (Å²) in [5.74, 6) is 0. The first kappa shape index (κ1) is 19.4. The monoisotopic (exact) mass is 404 g/mol. The molecule has 0 spiro atoms.